The van der Waals surface area contributed by atoms with Crippen LogP contribution in [0.2, 0.25) is 0 Å². The van der Waals surface area contributed by atoms with Crippen LogP contribution in [0.4, 0.5) is 0 Å². The molecule has 0 aromatic rings. The molecule has 0 spiro atoms. The Hall–Kier alpha value is -1.38. The molecule has 1 aliphatic heterocycles. The van der Waals surface area contributed by atoms with Gasteiger partial charge in [0.15, 0.2) is 0 Å². The number of allylic oxidation sites excluding steroid dienone is 1. The van der Waals surface area contributed by atoms with E-state index in [0.29, 0.717) is 0 Å². The standard InChI is InChI=1S/C8H11N3/c1-8(7-9-2)11-5-3-10-4-6-11/h3-5,7H,2,6H2,1H3/b8-7-. The Labute approximate surface area is 66.5 Å². The Bertz CT molecular complexity index is 225. The van der Waals surface area contributed by atoms with E-state index in [4.69, 9.17) is 0 Å². The first-order chi connectivity index (χ1) is 5.34. The van der Waals surface area contributed by atoms with Crippen molar-refractivity contribution in [2.24, 2.45) is 9.98 Å². The molecule has 0 aromatic carbocycles. The third-order valence-electron chi connectivity index (χ3n) is 1.45. The highest BCUT2D eigenvalue weighted by molar-refractivity contribution is 5.62. The van der Waals surface area contributed by atoms with Crippen LogP contribution in [0.1, 0.15) is 6.92 Å². The summed E-state index contributed by atoms with van der Waals surface area (Å²) in [5, 5.41) is 0. The van der Waals surface area contributed by atoms with Gasteiger partial charge < -0.3 is 4.90 Å². The lowest BCUT2D eigenvalue weighted by Gasteiger charge is -2.19. The molecular weight excluding hydrogens is 138 g/mol. The molecule has 0 saturated heterocycles. The van der Waals surface area contributed by atoms with Crippen molar-refractivity contribution < 1.29 is 0 Å². The fourth-order valence-corrected chi connectivity index (χ4v) is 0.844. The minimum absolute atomic E-state index is 0.814. The van der Waals surface area contributed by atoms with Gasteiger partial charge >= 0.3 is 0 Å². The Balaban J connectivity index is 2.61. The van der Waals surface area contributed by atoms with Gasteiger partial charge in [-0.1, -0.05) is 0 Å². The van der Waals surface area contributed by atoms with Gasteiger partial charge in [0, 0.05) is 30.5 Å². The van der Waals surface area contributed by atoms with E-state index in [0.717, 1.165) is 12.2 Å². The summed E-state index contributed by atoms with van der Waals surface area (Å²) in [6, 6.07) is 0. The maximum Gasteiger partial charge on any atom is 0.0576 e. The first kappa shape index (κ1) is 7.72. The van der Waals surface area contributed by atoms with Crippen molar-refractivity contribution in [2.45, 2.75) is 6.92 Å². The second kappa shape index (κ2) is 3.71. The number of nitrogens with zero attached hydrogens (tertiary/aromatic N) is 3. The average Bonchev–Trinajstić information content (AvgIpc) is 2.07. The van der Waals surface area contributed by atoms with Crippen molar-refractivity contribution in [3.8, 4) is 0 Å². The summed E-state index contributed by atoms with van der Waals surface area (Å²) in [4.78, 5) is 9.67. The Kier molecular flexibility index (Phi) is 2.60. The molecule has 0 amide bonds. The van der Waals surface area contributed by atoms with Gasteiger partial charge in [0.25, 0.3) is 0 Å². The first-order valence-electron chi connectivity index (χ1n) is 3.42. The van der Waals surface area contributed by atoms with Gasteiger partial charge in [0.1, 0.15) is 0 Å². The number of aliphatic imine (C=N–C) groups is 2. The van der Waals surface area contributed by atoms with Gasteiger partial charge in [-0.25, -0.2) is 0 Å². The number of rotatable bonds is 2. The molecule has 0 bridgehead atoms. The van der Waals surface area contributed by atoms with E-state index in [1.807, 2.05) is 24.2 Å². The molecule has 0 fully saturated rings. The van der Waals surface area contributed by atoms with E-state index < -0.39 is 0 Å². The quantitative estimate of drug-likeness (QED) is 0.545. The lowest BCUT2D eigenvalue weighted by atomic mass is 10.4. The molecule has 0 N–H and O–H groups in total. The Morgan fingerprint density at radius 2 is 2.64 bits per heavy atom. The van der Waals surface area contributed by atoms with E-state index in [1.54, 1.807) is 12.4 Å². The van der Waals surface area contributed by atoms with Gasteiger partial charge in [-0.05, 0) is 13.6 Å². The highest BCUT2D eigenvalue weighted by Gasteiger charge is 2.00. The lowest BCUT2D eigenvalue weighted by molar-refractivity contribution is 0.528. The van der Waals surface area contributed by atoms with Crippen LogP contribution in [0.25, 0.3) is 0 Å². The summed E-state index contributed by atoms with van der Waals surface area (Å²) in [5.41, 5.74) is 1.07. The van der Waals surface area contributed by atoms with Crippen molar-refractivity contribution in [1.82, 2.24) is 4.90 Å². The second-order valence-electron chi connectivity index (χ2n) is 2.24. The highest BCUT2D eigenvalue weighted by atomic mass is 15.1. The summed E-state index contributed by atoms with van der Waals surface area (Å²) < 4.78 is 0. The Morgan fingerprint density at radius 3 is 3.18 bits per heavy atom. The van der Waals surface area contributed by atoms with Crippen LogP contribution in [-0.4, -0.2) is 24.4 Å². The molecule has 58 valence electrons. The summed E-state index contributed by atoms with van der Waals surface area (Å²) in [7, 11) is 0. The zero-order valence-electron chi connectivity index (χ0n) is 6.57. The monoisotopic (exact) mass is 149 g/mol. The van der Waals surface area contributed by atoms with Crippen LogP contribution >= 0.6 is 0 Å². The predicted molar refractivity (Wildman–Crippen MR) is 47.6 cm³/mol. The van der Waals surface area contributed by atoms with Crippen LogP contribution in [-0.2, 0) is 0 Å². The van der Waals surface area contributed by atoms with Crippen molar-refractivity contribution >= 4 is 12.9 Å². The normalized spacial score (nSPS) is 17.2. The van der Waals surface area contributed by atoms with Gasteiger partial charge in [0.05, 0.1) is 6.54 Å². The zero-order chi connectivity index (χ0) is 8.10. The topological polar surface area (TPSA) is 28.0 Å². The molecule has 0 unspecified atom stereocenters. The van der Waals surface area contributed by atoms with Crippen LogP contribution < -0.4 is 0 Å². The molecule has 0 aromatic heterocycles. The van der Waals surface area contributed by atoms with E-state index in [-0.39, 0.29) is 0 Å². The molecule has 0 atom stereocenters. The molecule has 1 heterocycles. The molecule has 0 radical (unpaired) electrons. The highest BCUT2D eigenvalue weighted by Crippen LogP contribution is 2.05. The van der Waals surface area contributed by atoms with E-state index in [1.165, 1.54) is 0 Å². The molecule has 1 rings (SSSR count). The van der Waals surface area contributed by atoms with Gasteiger partial charge in [0.2, 0.25) is 0 Å². The van der Waals surface area contributed by atoms with Crippen molar-refractivity contribution in [1.29, 1.82) is 0 Å². The van der Waals surface area contributed by atoms with E-state index in [2.05, 4.69) is 16.7 Å². The third-order valence-corrected chi connectivity index (χ3v) is 1.45. The van der Waals surface area contributed by atoms with Crippen LogP contribution in [0.15, 0.2) is 34.3 Å². The zero-order valence-corrected chi connectivity index (χ0v) is 6.57. The Morgan fingerprint density at radius 1 is 1.82 bits per heavy atom. The molecule has 0 aliphatic carbocycles. The molecule has 1 aliphatic rings. The molecule has 11 heavy (non-hydrogen) atoms. The predicted octanol–water partition coefficient (Wildman–Crippen LogP) is 1.41. The maximum atomic E-state index is 3.95. The smallest absolute Gasteiger partial charge is 0.0576 e. The summed E-state index contributed by atoms with van der Waals surface area (Å²) >= 11 is 0. The van der Waals surface area contributed by atoms with Crippen molar-refractivity contribution in [3.05, 3.63) is 24.3 Å². The van der Waals surface area contributed by atoms with Crippen LogP contribution in [0, 0.1) is 0 Å². The van der Waals surface area contributed by atoms with Gasteiger partial charge in [-0.2, -0.15) is 0 Å². The summed E-state index contributed by atoms with van der Waals surface area (Å²) in [5.74, 6) is 0. The molecule has 3 heteroatoms. The van der Waals surface area contributed by atoms with Gasteiger partial charge in [-0.3, -0.25) is 9.98 Å². The molecule has 3 nitrogen and oxygen atoms in total. The maximum absolute atomic E-state index is 3.95. The van der Waals surface area contributed by atoms with Crippen LogP contribution in [0.3, 0.4) is 0 Å². The third kappa shape index (κ3) is 2.04. The minimum Gasteiger partial charge on any atom is -0.343 e. The second-order valence-corrected chi connectivity index (χ2v) is 2.24. The number of hydrogen-bond acceptors (Lipinski definition) is 3. The average molecular weight is 149 g/mol. The summed E-state index contributed by atoms with van der Waals surface area (Å²) in [6.07, 6.45) is 7.24. The first-order valence-corrected chi connectivity index (χ1v) is 3.42. The molecular formula is C8H11N3. The lowest BCUT2D eigenvalue weighted by Crippen LogP contribution is -2.18. The SMILES string of the molecule is C=N/C=C(/C)N1C=CN=CC1. The molecule has 0 saturated carbocycles. The van der Waals surface area contributed by atoms with Crippen molar-refractivity contribution in [3.63, 3.8) is 0 Å². The summed E-state index contributed by atoms with van der Waals surface area (Å²) in [6.45, 7) is 6.18. The fourth-order valence-electron chi connectivity index (χ4n) is 0.844. The van der Waals surface area contributed by atoms with Crippen LogP contribution in [0.5, 0.6) is 0 Å². The number of hydrogen-bond donors (Lipinski definition) is 0. The minimum atomic E-state index is 0.814. The largest absolute Gasteiger partial charge is 0.343 e. The van der Waals surface area contributed by atoms with E-state index in [9.17, 15) is 0 Å². The fraction of sp³-hybridized carbons (Fsp3) is 0.250. The van der Waals surface area contributed by atoms with E-state index >= 15 is 0 Å². The van der Waals surface area contributed by atoms with Gasteiger partial charge in [-0.15, -0.1) is 0 Å². The van der Waals surface area contributed by atoms with Crippen molar-refractivity contribution in [2.75, 3.05) is 6.54 Å².